The minimum atomic E-state index is -3.77. The molecule has 7 nitrogen and oxygen atoms in total. The van der Waals surface area contributed by atoms with Gasteiger partial charge in [0.25, 0.3) is 15.9 Å². The molecule has 1 aliphatic carbocycles. The second kappa shape index (κ2) is 9.30. The van der Waals surface area contributed by atoms with Crippen LogP contribution in [0.3, 0.4) is 0 Å². The van der Waals surface area contributed by atoms with Crippen molar-refractivity contribution in [3.8, 4) is 0 Å². The van der Waals surface area contributed by atoms with Crippen LogP contribution in [0.1, 0.15) is 43.0 Å². The fraction of sp³-hybridized carbons (Fsp3) is 0.364. The van der Waals surface area contributed by atoms with E-state index in [1.807, 2.05) is 0 Å². The SMILES string of the molecule is C[C@@H](OC(=O)c1ccc(S(=O)(=O)N(C)c2ccccc2)cc1)C(=O)NC1CCCC1. The van der Waals surface area contributed by atoms with Crippen LogP contribution >= 0.6 is 0 Å². The fourth-order valence-electron chi connectivity index (χ4n) is 3.37. The average Bonchev–Trinajstić information content (AvgIpc) is 3.26. The smallest absolute Gasteiger partial charge is 0.338 e. The van der Waals surface area contributed by atoms with E-state index in [0.29, 0.717) is 5.69 Å². The van der Waals surface area contributed by atoms with Crippen molar-refractivity contribution in [1.82, 2.24) is 5.32 Å². The Hall–Kier alpha value is -2.87. The summed E-state index contributed by atoms with van der Waals surface area (Å²) in [5.41, 5.74) is 0.708. The molecule has 2 aromatic carbocycles. The highest BCUT2D eigenvalue weighted by atomic mass is 32.2. The molecule has 0 bridgehead atoms. The Morgan fingerprint density at radius 1 is 1.03 bits per heavy atom. The van der Waals surface area contributed by atoms with Crippen molar-refractivity contribution in [2.75, 3.05) is 11.4 Å². The molecule has 160 valence electrons. The highest BCUT2D eigenvalue weighted by molar-refractivity contribution is 7.92. The Morgan fingerprint density at radius 2 is 1.63 bits per heavy atom. The lowest BCUT2D eigenvalue weighted by atomic mass is 10.2. The molecule has 8 heteroatoms. The van der Waals surface area contributed by atoms with Crippen molar-refractivity contribution in [1.29, 1.82) is 0 Å². The van der Waals surface area contributed by atoms with Crippen LogP contribution in [0.25, 0.3) is 0 Å². The van der Waals surface area contributed by atoms with Gasteiger partial charge in [0, 0.05) is 13.1 Å². The molecule has 0 aromatic heterocycles. The molecular formula is C22H26N2O5S. The first-order chi connectivity index (χ1) is 14.3. The van der Waals surface area contributed by atoms with Crippen molar-refractivity contribution in [2.45, 2.75) is 49.6 Å². The number of carbonyl (C=O) groups excluding carboxylic acids is 2. The predicted octanol–water partition coefficient (Wildman–Crippen LogP) is 3.12. The van der Waals surface area contributed by atoms with Crippen LogP contribution < -0.4 is 9.62 Å². The lowest BCUT2D eigenvalue weighted by Gasteiger charge is -2.19. The van der Waals surface area contributed by atoms with Gasteiger partial charge in [-0.1, -0.05) is 31.0 Å². The first-order valence-corrected chi connectivity index (χ1v) is 11.4. The number of nitrogens with zero attached hydrogens (tertiary/aromatic N) is 1. The lowest BCUT2D eigenvalue weighted by molar-refractivity contribution is -0.129. The van der Waals surface area contributed by atoms with Crippen molar-refractivity contribution in [2.24, 2.45) is 0 Å². The molecule has 0 heterocycles. The zero-order valence-electron chi connectivity index (χ0n) is 17.1. The minimum Gasteiger partial charge on any atom is -0.449 e. The van der Waals surface area contributed by atoms with E-state index in [4.69, 9.17) is 4.74 Å². The van der Waals surface area contributed by atoms with E-state index in [1.54, 1.807) is 30.3 Å². The first-order valence-electron chi connectivity index (χ1n) is 9.94. The third-order valence-corrected chi connectivity index (χ3v) is 7.02. The predicted molar refractivity (Wildman–Crippen MR) is 114 cm³/mol. The Balaban J connectivity index is 1.64. The minimum absolute atomic E-state index is 0.0532. The summed E-state index contributed by atoms with van der Waals surface area (Å²) in [5, 5.41) is 2.89. The van der Waals surface area contributed by atoms with Gasteiger partial charge in [-0.05, 0) is 56.2 Å². The molecule has 1 saturated carbocycles. The van der Waals surface area contributed by atoms with Crippen LogP contribution in [-0.2, 0) is 19.6 Å². The number of amides is 1. The fourth-order valence-corrected chi connectivity index (χ4v) is 4.56. The molecule has 1 amide bonds. The molecule has 0 spiro atoms. The van der Waals surface area contributed by atoms with Crippen LogP contribution in [0.4, 0.5) is 5.69 Å². The number of benzene rings is 2. The number of esters is 1. The van der Waals surface area contributed by atoms with Crippen molar-refractivity contribution in [3.05, 3.63) is 60.2 Å². The van der Waals surface area contributed by atoms with Gasteiger partial charge in [-0.3, -0.25) is 9.10 Å². The molecule has 0 saturated heterocycles. The third kappa shape index (κ3) is 4.99. The number of hydrogen-bond acceptors (Lipinski definition) is 5. The van der Waals surface area contributed by atoms with E-state index in [-0.39, 0.29) is 22.4 Å². The summed E-state index contributed by atoms with van der Waals surface area (Å²) in [6.45, 7) is 1.52. The van der Waals surface area contributed by atoms with Crippen molar-refractivity contribution in [3.63, 3.8) is 0 Å². The summed E-state index contributed by atoms with van der Waals surface area (Å²) in [6, 6.07) is 14.3. The zero-order valence-corrected chi connectivity index (χ0v) is 17.9. The molecule has 0 unspecified atom stereocenters. The molecule has 1 atom stereocenters. The van der Waals surface area contributed by atoms with Crippen molar-refractivity contribution < 1.29 is 22.7 Å². The van der Waals surface area contributed by atoms with Gasteiger partial charge in [0.1, 0.15) is 0 Å². The summed E-state index contributed by atoms with van der Waals surface area (Å²) in [5.74, 6) is -0.997. The molecular weight excluding hydrogens is 404 g/mol. The maximum atomic E-state index is 12.8. The number of ether oxygens (including phenoxy) is 1. The number of sulfonamides is 1. The maximum Gasteiger partial charge on any atom is 0.338 e. The molecule has 3 rings (SSSR count). The quantitative estimate of drug-likeness (QED) is 0.682. The summed E-state index contributed by atoms with van der Waals surface area (Å²) in [6.07, 6.45) is 3.15. The van der Waals surface area contributed by atoms with E-state index in [9.17, 15) is 18.0 Å². The molecule has 1 aliphatic rings. The van der Waals surface area contributed by atoms with Crippen LogP contribution in [-0.4, -0.2) is 39.5 Å². The van der Waals surface area contributed by atoms with Gasteiger partial charge in [-0.2, -0.15) is 0 Å². The van der Waals surface area contributed by atoms with E-state index in [0.717, 1.165) is 25.7 Å². The third-order valence-electron chi connectivity index (χ3n) is 5.22. The van der Waals surface area contributed by atoms with E-state index >= 15 is 0 Å². The second-order valence-electron chi connectivity index (χ2n) is 7.37. The Bertz CT molecular complexity index is 984. The topological polar surface area (TPSA) is 92.8 Å². The van der Waals surface area contributed by atoms with Gasteiger partial charge in [-0.25, -0.2) is 13.2 Å². The summed E-state index contributed by atoms with van der Waals surface area (Å²) in [4.78, 5) is 24.6. The highest BCUT2D eigenvalue weighted by Crippen LogP contribution is 2.22. The Morgan fingerprint density at radius 3 is 2.23 bits per heavy atom. The van der Waals surface area contributed by atoms with E-state index in [1.165, 1.54) is 42.5 Å². The number of rotatable bonds is 7. The Kier molecular flexibility index (Phi) is 6.77. The maximum absolute atomic E-state index is 12.8. The van der Waals surface area contributed by atoms with Gasteiger partial charge in [0.15, 0.2) is 6.10 Å². The molecule has 2 aromatic rings. The van der Waals surface area contributed by atoms with Gasteiger partial charge in [-0.15, -0.1) is 0 Å². The lowest BCUT2D eigenvalue weighted by Crippen LogP contribution is -2.40. The second-order valence-corrected chi connectivity index (χ2v) is 9.34. The molecule has 30 heavy (non-hydrogen) atoms. The standard InChI is InChI=1S/C22H26N2O5S/c1-16(21(25)23-18-8-6-7-9-18)29-22(26)17-12-14-20(15-13-17)30(27,28)24(2)19-10-4-3-5-11-19/h3-5,10-16,18H,6-9H2,1-2H3,(H,23,25)/t16-/m1/s1. The van der Waals surface area contributed by atoms with Gasteiger partial charge in [0.05, 0.1) is 16.1 Å². The summed E-state index contributed by atoms with van der Waals surface area (Å²) in [7, 11) is -2.30. The van der Waals surface area contributed by atoms with Crippen LogP contribution in [0, 0.1) is 0 Å². The summed E-state index contributed by atoms with van der Waals surface area (Å²) >= 11 is 0. The first kappa shape index (κ1) is 21.8. The van der Waals surface area contributed by atoms with Crippen LogP contribution in [0.15, 0.2) is 59.5 Å². The number of carbonyl (C=O) groups is 2. The Labute approximate surface area is 177 Å². The molecule has 1 fully saturated rings. The van der Waals surface area contributed by atoms with Gasteiger partial charge < -0.3 is 10.1 Å². The molecule has 0 aliphatic heterocycles. The largest absolute Gasteiger partial charge is 0.449 e. The number of nitrogens with one attached hydrogen (secondary N) is 1. The average molecular weight is 431 g/mol. The van der Waals surface area contributed by atoms with E-state index in [2.05, 4.69) is 5.32 Å². The number of hydrogen-bond donors (Lipinski definition) is 1. The number of para-hydroxylation sites is 1. The van der Waals surface area contributed by atoms with Gasteiger partial charge >= 0.3 is 5.97 Å². The number of anilines is 1. The van der Waals surface area contributed by atoms with Crippen molar-refractivity contribution >= 4 is 27.6 Å². The molecule has 1 N–H and O–H groups in total. The zero-order chi connectivity index (χ0) is 21.7. The molecule has 0 radical (unpaired) electrons. The van der Waals surface area contributed by atoms with Crippen LogP contribution in [0.2, 0.25) is 0 Å². The normalized spacial score (nSPS) is 15.4. The highest BCUT2D eigenvalue weighted by Gasteiger charge is 2.25. The monoisotopic (exact) mass is 430 g/mol. The van der Waals surface area contributed by atoms with Crippen LogP contribution in [0.5, 0.6) is 0 Å². The van der Waals surface area contributed by atoms with Gasteiger partial charge in [0.2, 0.25) is 0 Å². The summed E-state index contributed by atoms with van der Waals surface area (Å²) < 4.78 is 32.0. The van der Waals surface area contributed by atoms with E-state index < -0.39 is 22.1 Å².